The van der Waals surface area contributed by atoms with Crippen LogP contribution in [-0.4, -0.2) is 48.7 Å². The topological polar surface area (TPSA) is 41.6 Å². The minimum atomic E-state index is -0.697. The van der Waals surface area contributed by atoms with Crippen LogP contribution in [0.4, 0.5) is 0 Å². The van der Waals surface area contributed by atoms with Crippen LogP contribution in [0.5, 0.6) is 0 Å². The second-order valence-corrected chi connectivity index (χ2v) is 6.05. The number of rotatable bonds is 5. The Kier molecular flexibility index (Phi) is 4.28. The van der Waals surface area contributed by atoms with Crippen LogP contribution in [0, 0.1) is 0 Å². The Labute approximate surface area is 110 Å². The van der Waals surface area contributed by atoms with Gasteiger partial charge in [0.15, 0.2) is 0 Å². The highest BCUT2D eigenvalue weighted by atomic mass is 16.5. The van der Waals surface area contributed by atoms with Crippen LogP contribution in [0.25, 0.3) is 0 Å². The molecule has 0 spiro atoms. The molecular weight excluding hydrogens is 228 g/mol. The molecule has 1 heterocycles. The zero-order chi connectivity index (χ0) is 13.2. The van der Waals surface area contributed by atoms with Gasteiger partial charge in [-0.3, -0.25) is 4.79 Å². The molecule has 4 nitrogen and oxygen atoms in total. The lowest BCUT2D eigenvalue weighted by Gasteiger charge is -2.35. The van der Waals surface area contributed by atoms with E-state index >= 15 is 0 Å². The first kappa shape index (κ1) is 13.8. The summed E-state index contributed by atoms with van der Waals surface area (Å²) in [6.45, 7) is 5.65. The first-order valence-electron chi connectivity index (χ1n) is 7.14. The molecule has 1 amide bonds. The largest absolute Gasteiger partial charge is 0.369 e. The average Bonchev–Trinajstić information content (AvgIpc) is 3.20. The fourth-order valence-corrected chi connectivity index (χ4v) is 2.53. The Bertz CT molecular complexity index is 294. The lowest BCUT2D eigenvalue weighted by Crippen LogP contribution is -2.52. The van der Waals surface area contributed by atoms with E-state index in [1.54, 1.807) is 7.11 Å². The van der Waals surface area contributed by atoms with Crippen molar-refractivity contribution in [1.82, 2.24) is 10.2 Å². The maximum atomic E-state index is 12.5. The number of hydrogen-bond donors (Lipinski definition) is 1. The van der Waals surface area contributed by atoms with Gasteiger partial charge in [-0.1, -0.05) is 6.42 Å². The molecule has 2 rings (SSSR count). The van der Waals surface area contributed by atoms with Gasteiger partial charge in [0.05, 0.1) is 0 Å². The van der Waals surface area contributed by atoms with Gasteiger partial charge in [-0.05, 0) is 46.1 Å². The molecule has 0 aromatic rings. The lowest BCUT2D eigenvalue weighted by molar-refractivity contribution is -0.152. The van der Waals surface area contributed by atoms with E-state index in [0.717, 1.165) is 25.9 Å². The summed E-state index contributed by atoms with van der Waals surface area (Å²) in [5, 5.41) is 3.52. The molecule has 1 N–H and O–H groups in total. The molecule has 0 aromatic carbocycles. The molecule has 0 bridgehead atoms. The standard InChI is InChI=1S/C14H26N2O2/c1-14(2,18-3)13(17)16(12-7-8-12)10-11-6-4-5-9-15-11/h11-12,15H,4-10H2,1-3H3. The van der Waals surface area contributed by atoms with Crippen molar-refractivity contribution in [3.8, 4) is 0 Å². The highest BCUT2D eigenvalue weighted by Crippen LogP contribution is 2.30. The third kappa shape index (κ3) is 3.23. The Balaban J connectivity index is 1.97. The molecule has 18 heavy (non-hydrogen) atoms. The van der Waals surface area contributed by atoms with Gasteiger partial charge >= 0.3 is 0 Å². The van der Waals surface area contributed by atoms with E-state index in [9.17, 15) is 4.79 Å². The normalized spacial score (nSPS) is 24.9. The summed E-state index contributed by atoms with van der Waals surface area (Å²) in [7, 11) is 1.61. The van der Waals surface area contributed by atoms with Crippen molar-refractivity contribution in [2.24, 2.45) is 0 Å². The molecule has 0 aromatic heterocycles. The maximum absolute atomic E-state index is 12.5. The lowest BCUT2D eigenvalue weighted by atomic mass is 10.0. The second-order valence-electron chi connectivity index (χ2n) is 6.05. The Morgan fingerprint density at radius 1 is 1.33 bits per heavy atom. The van der Waals surface area contributed by atoms with Gasteiger partial charge in [0, 0.05) is 25.7 Å². The molecule has 1 aliphatic carbocycles. The van der Waals surface area contributed by atoms with Gasteiger partial charge in [0.2, 0.25) is 0 Å². The molecule has 4 heteroatoms. The number of piperidine rings is 1. The van der Waals surface area contributed by atoms with Gasteiger partial charge in [-0.2, -0.15) is 0 Å². The summed E-state index contributed by atoms with van der Waals surface area (Å²) in [5.74, 6) is 0.139. The van der Waals surface area contributed by atoms with Crippen LogP contribution in [0.1, 0.15) is 46.0 Å². The van der Waals surface area contributed by atoms with E-state index in [2.05, 4.69) is 5.32 Å². The van der Waals surface area contributed by atoms with Crippen molar-refractivity contribution in [1.29, 1.82) is 0 Å². The number of hydrogen-bond acceptors (Lipinski definition) is 3. The molecule has 2 fully saturated rings. The van der Waals surface area contributed by atoms with E-state index in [1.165, 1.54) is 19.3 Å². The molecule has 1 aliphatic heterocycles. The van der Waals surface area contributed by atoms with Crippen LogP contribution in [0.15, 0.2) is 0 Å². The van der Waals surface area contributed by atoms with Gasteiger partial charge in [0.1, 0.15) is 5.60 Å². The number of nitrogens with zero attached hydrogens (tertiary/aromatic N) is 1. The number of methoxy groups -OCH3 is 1. The fourth-order valence-electron chi connectivity index (χ4n) is 2.53. The molecule has 2 aliphatic rings. The zero-order valence-electron chi connectivity index (χ0n) is 11.9. The Hall–Kier alpha value is -0.610. The zero-order valence-corrected chi connectivity index (χ0v) is 11.9. The third-order valence-corrected chi connectivity index (χ3v) is 4.10. The second kappa shape index (κ2) is 5.57. The van der Waals surface area contributed by atoms with E-state index in [4.69, 9.17) is 4.74 Å². The van der Waals surface area contributed by atoms with Crippen molar-refractivity contribution in [3.05, 3.63) is 0 Å². The molecule has 0 radical (unpaired) electrons. The number of amides is 1. The molecule has 1 atom stereocenters. The Morgan fingerprint density at radius 3 is 2.56 bits per heavy atom. The van der Waals surface area contributed by atoms with Gasteiger partial charge in [-0.25, -0.2) is 0 Å². The number of ether oxygens (including phenoxy) is 1. The third-order valence-electron chi connectivity index (χ3n) is 4.10. The monoisotopic (exact) mass is 254 g/mol. The average molecular weight is 254 g/mol. The maximum Gasteiger partial charge on any atom is 0.254 e. The van der Waals surface area contributed by atoms with E-state index < -0.39 is 5.60 Å². The predicted octanol–water partition coefficient (Wildman–Crippen LogP) is 1.54. The van der Waals surface area contributed by atoms with Gasteiger partial charge < -0.3 is 15.0 Å². The molecule has 104 valence electrons. The quantitative estimate of drug-likeness (QED) is 0.809. The summed E-state index contributed by atoms with van der Waals surface area (Å²) in [5.41, 5.74) is -0.697. The SMILES string of the molecule is COC(C)(C)C(=O)N(CC1CCCCN1)C1CC1. The smallest absolute Gasteiger partial charge is 0.254 e. The van der Waals surface area contributed by atoms with Crippen LogP contribution in [0.2, 0.25) is 0 Å². The van der Waals surface area contributed by atoms with Crippen molar-refractivity contribution in [2.45, 2.75) is 63.6 Å². The molecule has 1 saturated heterocycles. The Morgan fingerprint density at radius 2 is 2.06 bits per heavy atom. The highest BCUT2D eigenvalue weighted by molar-refractivity contribution is 5.85. The van der Waals surface area contributed by atoms with Crippen LogP contribution in [0.3, 0.4) is 0 Å². The van der Waals surface area contributed by atoms with Gasteiger partial charge in [-0.15, -0.1) is 0 Å². The first-order valence-corrected chi connectivity index (χ1v) is 7.14. The summed E-state index contributed by atoms with van der Waals surface area (Å²) in [6, 6.07) is 0.923. The predicted molar refractivity (Wildman–Crippen MR) is 71.5 cm³/mol. The molecule has 1 saturated carbocycles. The van der Waals surface area contributed by atoms with Crippen molar-refractivity contribution in [3.63, 3.8) is 0 Å². The van der Waals surface area contributed by atoms with Gasteiger partial charge in [0.25, 0.3) is 5.91 Å². The molecule has 1 unspecified atom stereocenters. The highest BCUT2D eigenvalue weighted by Gasteiger charge is 2.40. The number of nitrogens with one attached hydrogen (secondary N) is 1. The summed E-state index contributed by atoms with van der Waals surface area (Å²) in [6.07, 6.45) is 6.02. The van der Waals surface area contributed by atoms with E-state index in [0.29, 0.717) is 12.1 Å². The van der Waals surface area contributed by atoms with Crippen molar-refractivity contribution >= 4 is 5.91 Å². The minimum absolute atomic E-state index is 0.139. The van der Waals surface area contributed by atoms with E-state index in [-0.39, 0.29) is 5.91 Å². The summed E-state index contributed by atoms with van der Waals surface area (Å²) >= 11 is 0. The molecular formula is C14H26N2O2. The van der Waals surface area contributed by atoms with Crippen molar-refractivity contribution < 1.29 is 9.53 Å². The summed E-state index contributed by atoms with van der Waals surface area (Å²) in [4.78, 5) is 14.6. The number of carbonyl (C=O) groups is 1. The summed E-state index contributed by atoms with van der Waals surface area (Å²) < 4.78 is 5.34. The van der Waals surface area contributed by atoms with Crippen LogP contribution in [-0.2, 0) is 9.53 Å². The van der Waals surface area contributed by atoms with Crippen molar-refractivity contribution in [2.75, 3.05) is 20.2 Å². The first-order chi connectivity index (χ1) is 8.54. The number of carbonyl (C=O) groups excluding carboxylic acids is 1. The van der Waals surface area contributed by atoms with E-state index in [1.807, 2.05) is 18.7 Å². The fraction of sp³-hybridized carbons (Fsp3) is 0.929. The minimum Gasteiger partial charge on any atom is -0.369 e. The van der Waals surface area contributed by atoms with Crippen LogP contribution < -0.4 is 5.32 Å². The van der Waals surface area contributed by atoms with Crippen LogP contribution >= 0.6 is 0 Å².